The number of aromatic hydroxyl groups is 1. The van der Waals surface area contributed by atoms with Gasteiger partial charge in [0.1, 0.15) is 17.5 Å². The lowest BCUT2D eigenvalue weighted by molar-refractivity contribution is -0.197. The van der Waals surface area contributed by atoms with Crippen LogP contribution in [0.1, 0.15) is 95.5 Å². The van der Waals surface area contributed by atoms with Crippen molar-refractivity contribution in [1.82, 2.24) is 15.1 Å². The lowest BCUT2D eigenvalue weighted by atomic mass is 9.69. The highest BCUT2D eigenvalue weighted by Crippen LogP contribution is 2.47. The van der Waals surface area contributed by atoms with E-state index >= 15 is 0 Å². The molecule has 3 aliphatic rings. The molecule has 0 bridgehead atoms. The molecule has 58 heavy (non-hydrogen) atoms. The number of carbonyl (C=O) groups is 2. The molecule has 1 aliphatic carbocycles. The SMILES string of the molecule is C=CNC(=O)C(CCC)N1Cc2cc(N3CCN(CCCCC(Oc4ccc(C5c6ccc(O)cc6CCC5c5ccccc5)cc4)C(F)(F)F)CC3)ccc2C1=O. The van der Waals surface area contributed by atoms with E-state index in [-0.39, 0.29) is 41.6 Å². The van der Waals surface area contributed by atoms with Crippen molar-refractivity contribution in [3.05, 3.63) is 137 Å². The number of phenols is 1. The van der Waals surface area contributed by atoms with Crippen molar-refractivity contribution in [1.29, 1.82) is 0 Å². The Hall–Kier alpha value is -5.29. The molecule has 2 amide bonds. The van der Waals surface area contributed by atoms with Crippen molar-refractivity contribution in [2.75, 3.05) is 37.6 Å². The molecule has 306 valence electrons. The van der Waals surface area contributed by atoms with E-state index < -0.39 is 18.3 Å². The standard InChI is InChI=1S/C47H53F3N4O4/c1-3-10-42(45(56)51-4-2)54-31-35-29-36(17-22-41(35)46(54)57)53-27-25-52(26-28-53)24-9-8-13-43(47(48,49)50)58-38-19-14-33(15-20-38)44-39(32-11-6-5-7-12-32)21-16-34-30-37(55)18-23-40(34)44/h4-7,11-12,14-15,17-20,22-23,29-30,39,42-44,55H,2-3,8-10,13,16,21,24-28,31H2,1H3,(H,51,56). The fourth-order valence-electron chi connectivity index (χ4n) is 9.06. The Kier molecular flexibility index (Phi) is 12.8. The largest absolute Gasteiger partial charge is 0.508 e. The second-order valence-corrected chi connectivity index (χ2v) is 15.7. The number of alkyl halides is 3. The van der Waals surface area contributed by atoms with Crippen LogP contribution in [0.3, 0.4) is 0 Å². The Morgan fingerprint density at radius 2 is 1.69 bits per heavy atom. The molecule has 2 aliphatic heterocycles. The highest BCUT2D eigenvalue weighted by molar-refractivity contribution is 6.01. The van der Waals surface area contributed by atoms with Crippen LogP contribution in [0.2, 0.25) is 0 Å². The summed E-state index contributed by atoms with van der Waals surface area (Å²) in [5.41, 5.74) is 6.98. The molecular formula is C47H53F3N4O4. The Labute approximate surface area is 339 Å². The molecule has 0 aromatic heterocycles. The zero-order valence-electron chi connectivity index (χ0n) is 33.1. The molecule has 0 spiro atoms. The van der Waals surface area contributed by atoms with E-state index in [4.69, 9.17) is 4.74 Å². The van der Waals surface area contributed by atoms with E-state index in [2.05, 4.69) is 33.8 Å². The van der Waals surface area contributed by atoms with Crippen LogP contribution in [0.4, 0.5) is 18.9 Å². The van der Waals surface area contributed by atoms with Gasteiger partial charge in [-0.3, -0.25) is 14.5 Å². The summed E-state index contributed by atoms with van der Waals surface area (Å²) in [5, 5.41) is 12.8. The number of unbranched alkanes of at least 4 members (excludes halogenated alkanes) is 1. The minimum Gasteiger partial charge on any atom is -0.508 e. The molecule has 2 N–H and O–H groups in total. The van der Waals surface area contributed by atoms with Gasteiger partial charge in [-0.25, -0.2) is 0 Å². The van der Waals surface area contributed by atoms with Crippen LogP contribution in [-0.4, -0.2) is 77.8 Å². The zero-order valence-corrected chi connectivity index (χ0v) is 33.1. The van der Waals surface area contributed by atoms with Gasteiger partial charge in [0, 0.05) is 49.9 Å². The molecule has 11 heteroatoms. The van der Waals surface area contributed by atoms with Gasteiger partial charge in [-0.1, -0.05) is 68.5 Å². The molecule has 4 aromatic rings. The zero-order chi connectivity index (χ0) is 40.8. The Morgan fingerprint density at radius 1 is 0.931 bits per heavy atom. The van der Waals surface area contributed by atoms with Gasteiger partial charge in [0.15, 0.2) is 6.10 Å². The summed E-state index contributed by atoms with van der Waals surface area (Å²) >= 11 is 0. The number of amides is 2. The maximum Gasteiger partial charge on any atom is 0.425 e. The molecule has 4 unspecified atom stereocenters. The minimum absolute atomic E-state index is 0.00646. The Bertz CT molecular complexity index is 2050. The van der Waals surface area contributed by atoms with Gasteiger partial charge in [0.05, 0.1) is 0 Å². The first-order chi connectivity index (χ1) is 28.0. The first-order valence-corrected chi connectivity index (χ1v) is 20.6. The summed E-state index contributed by atoms with van der Waals surface area (Å²) in [6.07, 6.45) is -1.12. The number of piperazine rings is 1. The second-order valence-electron chi connectivity index (χ2n) is 15.7. The first kappa shape index (κ1) is 40.9. The molecule has 1 fully saturated rings. The quantitative estimate of drug-likeness (QED) is 0.117. The van der Waals surface area contributed by atoms with Crippen molar-refractivity contribution >= 4 is 17.5 Å². The van der Waals surface area contributed by atoms with Crippen LogP contribution < -0.4 is 15.0 Å². The van der Waals surface area contributed by atoms with Crippen LogP contribution in [0.5, 0.6) is 11.5 Å². The summed E-state index contributed by atoms with van der Waals surface area (Å²) in [4.78, 5) is 32.2. The normalized spacial score (nSPS) is 19.3. The van der Waals surface area contributed by atoms with Crippen LogP contribution in [0.25, 0.3) is 0 Å². The fourth-order valence-corrected chi connectivity index (χ4v) is 9.06. The average Bonchev–Trinajstić information content (AvgIpc) is 3.55. The topological polar surface area (TPSA) is 85.4 Å². The van der Waals surface area contributed by atoms with Crippen molar-refractivity contribution in [2.45, 2.75) is 88.6 Å². The predicted molar refractivity (Wildman–Crippen MR) is 220 cm³/mol. The number of carbonyl (C=O) groups excluding carboxylic acids is 2. The first-order valence-electron chi connectivity index (χ1n) is 20.6. The predicted octanol–water partition coefficient (Wildman–Crippen LogP) is 8.94. The molecule has 0 saturated carbocycles. The maximum atomic E-state index is 14.3. The van der Waals surface area contributed by atoms with Crippen LogP contribution in [-0.2, 0) is 17.8 Å². The number of anilines is 1. The maximum absolute atomic E-state index is 14.3. The highest BCUT2D eigenvalue weighted by Gasteiger charge is 2.42. The van der Waals surface area contributed by atoms with Gasteiger partial charge in [0.25, 0.3) is 5.91 Å². The Balaban J connectivity index is 0.909. The summed E-state index contributed by atoms with van der Waals surface area (Å²) in [6, 6.07) is 28.2. The molecule has 8 nitrogen and oxygen atoms in total. The van der Waals surface area contributed by atoms with E-state index in [1.807, 2.05) is 67.6 Å². The number of hydrogen-bond donors (Lipinski definition) is 2. The van der Waals surface area contributed by atoms with E-state index in [9.17, 15) is 27.9 Å². The van der Waals surface area contributed by atoms with Crippen molar-refractivity contribution in [3.63, 3.8) is 0 Å². The third kappa shape index (κ3) is 9.20. The number of nitrogens with one attached hydrogen (secondary N) is 1. The smallest absolute Gasteiger partial charge is 0.425 e. The molecule has 7 rings (SSSR count). The fraction of sp³-hybridized carbons (Fsp3) is 0.404. The second kappa shape index (κ2) is 18.1. The van der Waals surface area contributed by atoms with Crippen LogP contribution >= 0.6 is 0 Å². The number of hydrogen-bond acceptors (Lipinski definition) is 6. The van der Waals surface area contributed by atoms with Gasteiger partial charge in [-0.15, -0.1) is 0 Å². The number of rotatable bonds is 15. The third-order valence-corrected chi connectivity index (χ3v) is 12.0. The number of nitrogens with zero attached hydrogens (tertiary/aromatic N) is 3. The van der Waals surface area contributed by atoms with E-state index in [1.54, 1.807) is 23.1 Å². The molecule has 4 atom stereocenters. The average molecular weight is 795 g/mol. The van der Waals surface area contributed by atoms with Crippen LogP contribution in [0.15, 0.2) is 104 Å². The molecule has 4 aromatic carbocycles. The molecule has 0 radical (unpaired) electrons. The molecule has 2 heterocycles. The lowest BCUT2D eigenvalue weighted by Gasteiger charge is -2.36. The number of aryl methyl sites for hydroxylation is 1. The monoisotopic (exact) mass is 794 g/mol. The van der Waals surface area contributed by atoms with Gasteiger partial charge in [-0.2, -0.15) is 13.2 Å². The lowest BCUT2D eigenvalue weighted by Crippen LogP contribution is -2.46. The minimum atomic E-state index is -4.50. The number of ether oxygens (including phenoxy) is 1. The number of halogens is 3. The van der Waals surface area contributed by atoms with Crippen molar-refractivity contribution < 1.29 is 32.6 Å². The van der Waals surface area contributed by atoms with Crippen molar-refractivity contribution in [2.24, 2.45) is 0 Å². The van der Waals surface area contributed by atoms with Gasteiger partial charge >= 0.3 is 6.18 Å². The summed E-state index contributed by atoms with van der Waals surface area (Å²) < 4.78 is 48.4. The molecular weight excluding hydrogens is 742 g/mol. The van der Waals surface area contributed by atoms with Gasteiger partial charge in [-0.05, 0) is 127 Å². The van der Waals surface area contributed by atoms with Gasteiger partial charge in [0.2, 0.25) is 5.91 Å². The van der Waals surface area contributed by atoms with Gasteiger partial charge < -0.3 is 25.0 Å². The Morgan fingerprint density at radius 3 is 2.40 bits per heavy atom. The molecule has 1 saturated heterocycles. The van der Waals surface area contributed by atoms with E-state index in [0.717, 1.165) is 73.4 Å². The van der Waals surface area contributed by atoms with Crippen LogP contribution in [0, 0.1) is 0 Å². The van der Waals surface area contributed by atoms with E-state index in [1.165, 1.54) is 11.8 Å². The van der Waals surface area contributed by atoms with E-state index in [0.29, 0.717) is 37.9 Å². The number of phenolic OH excluding ortho intramolecular Hbond substituents is 1. The third-order valence-electron chi connectivity index (χ3n) is 12.0. The van der Waals surface area contributed by atoms with Crippen molar-refractivity contribution in [3.8, 4) is 11.5 Å². The number of fused-ring (bicyclic) bond motifs is 2. The number of benzene rings is 4. The summed E-state index contributed by atoms with van der Waals surface area (Å²) in [5.74, 6) is 0.243. The summed E-state index contributed by atoms with van der Waals surface area (Å²) in [6.45, 7) is 9.75. The highest BCUT2D eigenvalue weighted by atomic mass is 19.4. The summed E-state index contributed by atoms with van der Waals surface area (Å²) in [7, 11) is 0.